The third-order valence-electron chi connectivity index (χ3n) is 23.4. The summed E-state index contributed by atoms with van der Waals surface area (Å²) < 4.78 is 118. The van der Waals surface area contributed by atoms with E-state index in [9.17, 15) is 45.1 Å². The third-order valence-corrected chi connectivity index (χ3v) is 25.0. The van der Waals surface area contributed by atoms with Crippen LogP contribution in [0.4, 0.5) is 11.4 Å². The Morgan fingerprint density at radius 2 is 0.696 bits per heavy atom. The fourth-order valence-electron chi connectivity index (χ4n) is 16.8. The maximum Gasteiger partial charge on any atom is 0.265 e. The summed E-state index contributed by atoms with van der Waals surface area (Å²) in [5, 5.41) is 24.1. The summed E-state index contributed by atoms with van der Waals surface area (Å²) in [4.78, 5) is 117. The van der Waals surface area contributed by atoms with Crippen molar-refractivity contribution in [2.24, 2.45) is 0 Å². The Balaban J connectivity index is 1.25. The van der Waals surface area contributed by atoms with Gasteiger partial charge in [0, 0.05) is 155 Å². The molecule has 33 heteroatoms. The number of allylic oxidation sites excluding steroid dienone is 4. The second kappa shape index (κ2) is 55.3. The summed E-state index contributed by atoms with van der Waals surface area (Å²) in [5.74, 6) is -1.22. The number of benzene rings is 6. The van der Waals surface area contributed by atoms with Crippen LogP contribution < -0.4 is 80.6 Å². The van der Waals surface area contributed by atoms with E-state index in [1.807, 2.05) is 119 Å². The van der Waals surface area contributed by atoms with E-state index >= 15 is 19.2 Å². The molecule has 0 atom stereocenters. The number of carbonyl (C=O) groups is 8. The second-order valence-electron chi connectivity index (χ2n) is 35.6. The average molecular weight is 1950 g/mol. The molecule has 8 amide bonds. The highest BCUT2D eigenvalue weighted by molar-refractivity contribution is 7.86. The van der Waals surface area contributed by atoms with Crippen molar-refractivity contribution in [1.82, 2.24) is 42.5 Å². The van der Waals surface area contributed by atoms with E-state index in [0.717, 1.165) is 31.2 Å². The molecule has 6 aromatic carbocycles. The quantitative estimate of drug-likeness (QED) is 0.00963. The molecule has 2 aliphatic heterocycles. The van der Waals surface area contributed by atoms with Gasteiger partial charge < -0.3 is 80.6 Å². The van der Waals surface area contributed by atoms with Gasteiger partial charge in [0.05, 0.1) is 74.3 Å². The zero-order valence-corrected chi connectivity index (χ0v) is 85.3. The van der Waals surface area contributed by atoms with E-state index in [-0.39, 0.29) is 98.0 Å². The first-order valence-corrected chi connectivity index (χ1v) is 52.7. The van der Waals surface area contributed by atoms with Crippen LogP contribution in [0.15, 0.2) is 103 Å². The molecule has 0 fully saturated rings. The van der Waals surface area contributed by atoms with Gasteiger partial charge in [-0.05, 0) is 221 Å². The van der Waals surface area contributed by atoms with Gasteiger partial charge in [-0.2, -0.15) is 21.4 Å². The second-order valence-corrected chi connectivity index (χ2v) is 38.8. The molecule has 0 unspecified atom stereocenters. The zero-order valence-electron chi connectivity index (χ0n) is 83.7. The number of nitrogens with one attached hydrogen (secondary N) is 8. The molecule has 756 valence electrons. The number of ether oxygens (including phenoxy) is 7. The van der Waals surface area contributed by atoms with Crippen LogP contribution in [-0.4, -0.2) is 207 Å². The van der Waals surface area contributed by atoms with Crippen molar-refractivity contribution >= 4 is 84.6 Å². The minimum Gasteiger partial charge on any atom is -0.493 e. The molecule has 0 saturated carbocycles. The zero-order chi connectivity index (χ0) is 101. The third kappa shape index (κ3) is 31.7. The molecule has 138 heavy (non-hydrogen) atoms. The molecule has 10 N–H and O–H groups in total. The van der Waals surface area contributed by atoms with Crippen LogP contribution in [-0.2, 0) is 56.7 Å². The first-order valence-electron chi connectivity index (χ1n) is 49.5. The Morgan fingerprint density at radius 3 is 1.08 bits per heavy atom. The smallest absolute Gasteiger partial charge is 0.265 e. The Kier molecular flexibility index (Phi) is 44.8. The lowest BCUT2D eigenvalue weighted by Gasteiger charge is -2.27. The normalized spacial score (nSPS) is 13.3. The maximum atomic E-state index is 15.7. The number of anilines is 1. The lowest BCUT2D eigenvalue weighted by atomic mass is 9.78. The number of amides is 8. The molecule has 8 rings (SSSR count). The van der Waals surface area contributed by atoms with Crippen molar-refractivity contribution in [3.05, 3.63) is 181 Å². The van der Waals surface area contributed by atoms with Crippen LogP contribution in [0.25, 0.3) is 0 Å². The molecular weight excluding hydrogens is 1800 g/mol. The van der Waals surface area contributed by atoms with Gasteiger partial charge in [-0.3, -0.25) is 47.5 Å². The lowest BCUT2D eigenvalue weighted by molar-refractivity contribution is -0.437. The molecule has 0 bridgehead atoms. The summed E-state index contributed by atoms with van der Waals surface area (Å²) in [5.41, 5.74) is 5.24. The molecule has 0 aromatic heterocycles. The number of fused-ring (bicyclic) bond motifs is 2. The van der Waals surface area contributed by atoms with E-state index < -0.39 is 66.2 Å². The van der Waals surface area contributed by atoms with Crippen molar-refractivity contribution in [3.8, 4) is 40.2 Å². The number of hydrogen-bond acceptors (Lipinski definition) is 20. The fraction of sp³-hybridized carbons (Fsp3) is 0.533. The highest BCUT2D eigenvalue weighted by Gasteiger charge is 2.49. The largest absolute Gasteiger partial charge is 0.493 e. The van der Waals surface area contributed by atoms with Gasteiger partial charge in [0.15, 0.2) is 5.71 Å². The Bertz CT molecular complexity index is 5440. The molecule has 0 aliphatic carbocycles. The van der Waals surface area contributed by atoms with E-state index in [1.54, 1.807) is 85.0 Å². The number of carbonyl (C=O) groups excluding carboxylic acids is 8. The van der Waals surface area contributed by atoms with Gasteiger partial charge in [0.1, 0.15) is 46.8 Å². The highest BCUT2D eigenvalue weighted by atomic mass is 32.2. The van der Waals surface area contributed by atoms with E-state index in [2.05, 4.69) is 42.5 Å². The predicted octanol–water partition coefficient (Wildman–Crippen LogP) is 16.0. The van der Waals surface area contributed by atoms with Gasteiger partial charge in [-0.1, -0.05) is 95.2 Å². The van der Waals surface area contributed by atoms with Crippen LogP contribution in [0.3, 0.4) is 0 Å². The fourth-order valence-corrected chi connectivity index (χ4v) is 17.8. The standard InChI is InChI=1S/C105H148N10O21S2/c1-16-42-107-96(116)72-41-40-71(85(64-72)130-51-19-4)34-28-45-110-98(118)73-60-81(102(122)113-48-31-37-80-90(135-56-24-9)69-77(101(121)109-44-18-3)70-91(80)136-57-25-10)94-83(62-73)114(49-32-58-137(124,125)126)92(104(94,12)13)38-27-39-93-105(14,15)95-82(103(123)112-47-30-36-79-86(131-52-20-5)65-75(97(117)106-26-11)66-87(79)132-53-21-6)61-74(63-84(95)115(93)50-33-59-138(127,128)129)99(119)111-46-29-35-78-88(133-54-22-7)67-76(100(120)108-43-17-2)68-89(78)134-55-23-8/h27,38-41,60-70H,16-26,28-37,42-59H2,1-15H3,(H9-,106,107,108,109,110,111,112,113,116,117,118,119,120,121,122,123,124,125,126,127,128,129)/p+1. The highest BCUT2D eigenvalue weighted by Crippen LogP contribution is 2.51. The Hall–Kier alpha value is -11.6. The van der Waals surface area contributed by atoms with Crippen molar-refractivity contribution in [2.75, 3.05) is 128 Å². The topological polar surface area (TPSA) is 412 Å². The van der Waals surface area contributed by atoms with Gasteiger partial charge in [0.2, 0.25) is 5.69 Å². The van der Waals surface area contributed by atoms with Crippen molar-refractivity contribution < 1.29 is 102 Å². The van der Waals surface area contributed by atoms with Crippen LogP contribution in [0.2, 0.25) is 0 Å². The molecular formula is C105H149N10O21S2+. The van der Waals surface area contributed by atoms with E-state index in [0.29, 0.717) is 275 Å². The summed E-state index contributed by atoms with van der Waals surface area (Å²) in [6, 6.07) is 22.0. The summed E-state index contributed by atoms with van der Waals surface area (Å²) in [7, 11) is -9.14. The van der Waals surface area contributed by atoms with Crippen molar-refractivity contribution in [1.29, 1.82) is 0 Å². The molecule has 2 aliphatic rings. The van der Waals surface area contributed by atoms with Crippen molar-refractivity contribution in [3.63, 3.8) is 0 Å². The molecule has 0 radical (unpaired) electrons. The minimum absolute atomic E-state index is 0.0736. The molecule has 0 saturated heterocycles. The van der Waals surface area contributed by atoms with Crippen LogP contribution in [0.1, 0.15) is 323 Å². The number of hydrogen-bond donors (Lipinski definition) is 10. The van der Waals surface area contributed by atoms with Gasteiger partial charge in [-0.15, -0.1) is 0 Å². The SMILES string of the molecule is CCCNC(=O)c1ccc(CCCNC(=O)c2cc(C(=O)NCCCc3c(OCCC)cc(C(=O)NCCC)cc3OCCC)c3c(c2)[N+](CCCS(=O)(=O)O)=C(/C=C/C=C2/N(CCCS(=O)(=O)O)c4cc(C(=O)NCCCc5c(OCCC)cc(C(=O)NCCC)cc5OCCC)cc(C(=O)NCCCc5c(OCCC)cc(C(=O)NCC)cc5OCCC)c4C2(C)C)C3(C)C)c(OCCC)c1. The minimum atomic E-state index is -4.57. The number of aryl methyl sites for hydroxylation is 1. The molecule has 6 aromatic rings. The monoisotopic (exact) mass is 1950 g/mol. The number of nitrogens with zero attached hydrogens (tertiary/aromatic N) is 2. The van der Waals surface area contributed by atoms with Crippen LogP contribution in [0.5, 0.6) is 40.2 Å². The Labute approximate surface area is 816 Å². The van der Waals surface area contributed by atoms with Crippen molar-refractivity contribution in [2.45, 2.75) is 243 Å². The first kappa shape index (κ1) is 112. The average Bonchev–Trinajstić information content (AvgIpc) is 1.57. The Morgan fingerprint density at radius 1 is 0.362 bits per heavy atom. The van der Waals surface area contributed by atoms with E-state index in [4.69, 9.17) is 33.2 Å². The molecule has 0 spiro atoms. The molecule has 2 heterocycles. The predicted molar refractivity (Wildman–Crippen MR) is 540 cm³/mol. The van der Waals surface area contributed by atoms with Crippen LogP contribution >= 0.6 is 0 Å². The maximum absolute atomic E-state index is 15.7. The molecule has 31 nitrogen and oxygen atoms in total. The summed E-state index contributed by atoms with van der Waals surface area (Å²) in [6.45, 7) is 33.8. The van der Waals surface area contributed by atoms with E-state index in [1.165, 1.54) is 6.07 Å². The van der Waals surface area contributed by atoms with Gasteiger partial charge >= 0.3 is 0 Å². The van der Waals surface area contributed by atoms with Gasteiger partial charge in [-0.25, -0.2) is 0 Å². The summed E-state index contributed by atoms with van der Waals surface area (Å²) in [6.07, 6.45) is 15.0. The summed E-state index contributed by atoms with van der Waals surface area (Å²) >= 11 is 0. The number of rotatable bonds is 62. The van der Waals surface area contributed by atoms with Gasteiger partial charge in [0.25, 0.3) is 67.5 Å². The first-order chi connectivity index (χ1) is 66.1. The van der Waals surface area contributed by atoms with Crippen LogP contribution in [0, 0.1) is 0 Å². The lowest BCUT2D eigenvalue weighted by Crippen LogP contribution is -2.32.